The molecule has 0 bridgehead atoms. The number of hydrogen-bond donors (Lipinski definition) is 2. The summed E-state index contributed by atoms with van der Waals surface area (Å²) in [6.45, 7) is 0. The summed E-state index contributed by atoms with van der Waals surface area (Å²) in [6, 6.07) is 7.38. The van der Waals surface area contributed by atoms with Crippen LogP contribution in [0.4, 0.5) is 0 Å². The first-order valence-electron chi connectivity index (χ1n) is 5.97. The average molecular weight is 241 g/mol. The Balaban J connectivity index is 2.29. The lowest BCUT2D eigenvalue weighted by Crippen LogP contribution is -2.41. The number of nitrogens with zero attached hydrogens (tertiary/aromatic N) is 1. The second kappa shape index (κ2) is 4.84. The molecule has 0 aliphatic heterocycles. The van der Waals surface area contributed by atoms with Gasteiger partial charge in [-0.3, -0.25) is 15.1 Å². The molecule has 92 valence electrons. The van der Waals surface area contributed by atoms with Gasteiger partial charge in [0, 0.05) is 7.05 Å². The second-order valence-electron chi connectivity index (χ2n) is 4.77. The molecule has 0 heterocycles. The molecular formula is C13H16BN3O. The maximum absolute atomic E-state index is 12.3. The molecule has 0 saturated heterocycles. The highest BCUT2D eigenvalue weighted by Gasteiger charge is 2.39. The lowest BCUT2D eigenvalue weighted by molar-refractivity contribution is -0.128. The maximum atomic E-state index is 12.3. The molecule has 5 heteroatoms. The number of guanidine groups is 1. The van der Waals surface area contributed by atoms with Gasteiger partial charge in [0.25, 0.3) is 0 Å². The molecule has 2 rings (SSSR count). The van der Waals surface area contributed by atoms with Crippen molar-refractivity contribution in [2.24, 2.45) is 11.7 Å². The third-order valence-electron chi connectivity index (χ3n) is 3.32. The van der Waals surface area contributed by atoms with Crippen LogP contribution in [-0.4, -0.2) is 31.7 Å². The van der Waals surface area contributed by atoms with Crippen LogP contribution in [0.2, 0.25) is 0 Å². The highest BCUT2D eigenvalue weighted by atomic mass is 16.2. The van der Waals surface area contributed by atoms with Crippen molar-refractivity contribution in [3.8, 4) is 0 Å². The van der Waals surface area contributed by atoms with E-state index in [0.717, 1.165) is 18.4 Å². The Morgan fingerprint density at radius 3 is 2.72 bits per heavy atom. The number of benzene rings is 1. The molecule has 1 saturated carbocycles. The van der Waals surface area contributed by atoms with Crippen molar-refractivity contribution in [1.82, 2.24) is 4.90 Å². The van der Waals surface area contributed by atoms with Crippen molar-refractivity contribution >= 4 is 25.2 Å². The first-order valence-corrected chi connectivity index (χ1v) is 5.97. The SMILES string of the molecule is [B]c1cccc([C@@H](C(=O)N(C)C(=N)N)C2CC2)c1. The molecule has 1 aliphatic carbocycles. The fourth-order valence-corrected chi connectivity index (χ4v) is 2.13. The fourth-order valence-electron chi connectivity index (χ4n) is 2.13. The monoisotopic (exact) mass is 241 g/mol. The molecule has 1 amide bonds. The zero-order chi connectivity index (χ0) is 13.3. The lowest BCUT2D eigenvalue weighted by Gasteiger charge is -2.23. The number of likely N-dealkylation sites (N-methyl/N-ethyl adjacent to an activating group) is 1. The van der Waals surface area contributed by atoms with Gasteiger partial charge < -0.3 is 5.73 Å². The van der Waals surface area contributed by atoms with Gasteiger partial charge >= 0.3 is 0 Å². The van der Waals surface area contributed by atoms with E-state index in [0.29, 0.717) is 11.4 Å². The highest BCUT2D eigenvalue weighted by Crippen LogP contribution is 2.43. The van der Waals surface area contributed by atoms with Crippen LogP contribution in [0.5, 0.6) is 0 Å². The van der Waals surface area contributed by atoms with Crippen LogP contribution in [0.1, 0.15) is 24.3 Å². The summed E-state index contributed by atoms with van der Waals surface area (Å²) >= 11 is 0. The van der Waals surface area contributed by atoms with E-state index in [2.05, 4.69) is 0 Å². The summed E-state index contributed by atoms with van der Waals surface area (Å²) in [7, 11) is 7.30. The van der Waals surface area contributed by atoms with Crippen molar-refractivity contribution in [1.29, 1.82) is 5.41 Å². The molecule has 0 aromatic heterocycles. The minimum absolute atomic E-state index is 0.129. The van der Waals surface area contributed by atoms with Crippen LogP contribution < -0.4 is 11.2 Å². The van der Waals surface area contributed by atoms with E-state index < -0.39 is 0 Å². The van der Waals surface area contributed by atoms with E-state index in [-0.39, 0.29) is 17.8 Å². The number of hydrogen-bond acceptors (Lipinski definition) is 2. The van der Waals surface area contributed by atoms with Crippen molar-refractivity contribution in [3.63, 3.8) is 0 Å². The molecule has 18 heavy (non-hydrogen) atoms. The molecule has 0 unspecified atom stereocenters. The van der Waals surface area contributed by atoms with E-state index in [9.17, 15) is 4.79 Å². The molecule has 2 radical (unpaired) electrons. The Bertz CT molecular complexity index is 485. The normalized spacial score (nSPS) is 16.1. The molecular weight excluding hydrogens is 225 g/mol. The van der Waals surface area contributed by atoms with Gasteiger partial charge in [-0.1, -0.05) is 29.7 Å². The van der Waals surface area contributed by atoms with Crippen LogP contribution in [0.15, 0.2) is 24.3 Å². The summed E-state index contributed by atoms with van der Waals surface area (Å²) in [5.41, 5.74) is 6.93. The summed E-state index contributed by atoms with van der Waals surface area (Å²) in [6.07, 6.45) is 2.08. The predicted octanol–water partition coefficient (Wildman–Crippen LogP) is 0.326. The number of nitrogens with two attached hydrogens (primary N) is 1. The molecule has 3 N–H and O–H groups in total. The van der Waals surface area contributed by atoms with Gasteiger partial charge in [0.05, 0.1) is 5.92 Å². The molecule has 4 nitrogen and oxygen atoms in total. The lowest BCUT2D eigenvalue weighted by atomic mass is 9.87. The van der Waals surface area contributed by atoms with Gasteiger partial charge in [-0.05, 0) is 24.3 Å². The largest absolute Gasteiger partial charge is 0.370 e. The molecule has 1 fully saturated rings. The van der Waals surface area contributed by atoms with E-state index in [4.69, 9.17) is 19.0 Å². The minimum Gasteiger partial charge on any atom is -0.370 e. The van der Waals surface area contributed by atoms with Gasteiger partial charge in [-0.15, -0.1) is 0 Å². The number of amides is 1. The van der Waals surface area contributed by atoms with Crippen molar-refractivity contribution in [3.05, 3.63) is 29.8 Å². The minimum atomic E-state index is -0.234. The van der Waals surface area contributed by atoms with E-state index in [1.165, 1.54) is 11.9 Å². The van der Waals surface area contributed by atoms with E-state index in [1.54, 1.807) is 6.07 Å². The van der Waals surface area contributed by atoms with E-state index >= 15 is 0 Å². The third kappa shape index (κ3) is 2.55. The van der Waals surface area contributed by atoms with Gasteiger partial charge in [0.1, 0.15) is 7.85 Å². The van der Waals surface area contributed by atoms with Crippen molar-refractivity contribution in [2.45, 2.75) is 18.8 Å². The van der Waals surface area contributed by atoms with Crippen molar-refractivity contribution in [2.75, 3.05) is 7.05 Å². The second-order valence-corrected chi connectivity index (χ2v) is 4.77. The van der Waals surface area contributed by atoms with Crippen LogP contribution in [-0.2, 0) is 4.79 Å². The van der Waals surface area contributed by atoms with Crippen LogP contribution in [0, 0.1) is 11.3 Å². The Labute approximate surface area is 108 Å². The molecule has 1 atom stereocenters. The molecule has 1 aromatic rings. The maximum Gasteiger partial charge on any atom is 0.236 e. The molecule has 0 spiro atoms. The quantitative estimate of drug-likeness (QED) is 0.454. The molecule has 1 aliphatic rings. The van der Waals surface area contributed by atoms with Crippen LogP contribution in [0.3, 0.4) is 0 Å². The number of carbonyl (C=O) groups is 1. The average Bonchev–Trinajstić information content (AvgIpc) is 3.12. The number of rotatable bonds is 3. The van der Waals surface area contributed by atoms with Crippen molar-refractivity contribution < 1.29 is 4.79 Å². The zero-order valence-corrected chi connectivity index (χ0v) is 10.4. The number of nitrogens with one attached hydrogen (secondary N) is 1. The smallest absolute Gasteiger partial charge is 0.236 e. The Morgan fingerprint density at radius 1 is 1.56 bits per heavy atom. The molecule has 1 aromatic carbocycles. The fraction of sp³-hybridized carbons (Fsp3) is 0.385. The predicted molar refractivity (Wildman–Crippen MR) is 72.0 cm³/mol. The Morgan fingerprint density at radius 2 is 2.22 bits per heavy atom. The van der Waals surface area contributed by atoms with Gasteiger partial charge in [0.2, 0.25) is 5.91 Å². The Hall–Kier alpha value is -1.78. The highest BCUT2D eigenvalue weighted by molar-refractivity contribution is 6.32. The number of carbonyl (C=O) groups excluding carboxylic acids is 1. The standard InChI is InChI=1S/C13H16BN3O/c1-17(13(15)16)12(18)11(8-5-6-8)9-3-2-4-10(14)7-9/h2-4,7-8,11H,5-6H2,1H3,(H3,15,16)/t11-/m0/s1. The van der Waals surface area contributed by atoms with Gasteiger partial charge in [0.15, 0.2) is 5.96 Å². The first kappa shape index (κ1) is 12.7. The summed E-state index contributed by atoms with van der Waals surface area (Å²) < 4.78 is 0. The van der Waals surface area contributed by atoms with Gasteiger partial charge in [-0.25, -0.2) is 0 Å². The summed E-state index contributed by atoms with van der Waals surface area (Å²) in [4.78, 5) is 13.5. The summed E-state index contributed by atoms with van der Waals surface area (Å²) in [5, 5.41) is 7.35. The van der Waals surface area contributed by atoms with E-state index in [1.807, 2.05) is 18.2 Å². The van der Waals surface area contributed by atoms with Gasteiger partial charge in [-0.2, -0.15) is 0 Å². The first-order chi connectivity index (χ1) is 8.50. The zero-order valence-electron chi connectivity index (χ0n) is 10.4. The van der Waals surface area contributed by atoms with Crippen LogP contribution >= 0.6 is 0 Å². The Kier molecular flexibility index (Phi) is 3.41. The van der Waals surface area contributed by atoms with Crippen LogP contribution in [0.25, 0.3) is 0 Å². The topological polar surface area (TPSA) is 70.2 Å². The summed E-state index contributed by atoms with van der Waals surface area (Å²) in [5.74, 6) is -0.242. The third-order valence-corrected chi connectivity index (χ3v) is 3.32.